The number of amides is 1. The largest absolute Gasteiger partial charge is 0.388 e. The first-order chi connectivity index (χ1) is 10.7. The van der Waals surface area contributed by atoms with Gasteiger partial charge in [0.15, 0.2) is 5.69 Å². The molecule has 0 aromatic carbocycles. The van der Waals surface area contributed by atoms with Gasteiger partial charge in [0.1, 0.15) is 11.9 Å². The molecule has 2 saturated heterocycles. The number of hydrogen-bond acceptors (Lipinski definition) is 5. The van der Waals surface area contributed by atoms with E-state index in [-0.39, 0.29) is 5.91 Å². The molecule has 1 aromatic rings. The minimum atomic E-state index is -0.615. The number of β-amino-alcohol motifs (C(OH)–C–C–N with tert-alkyl or cyclic N) is 1. The number of nitrogens with zero attached hydrogens (tertiary/aromatic N) is 2. The minimum absolute atomic E-state index is 0.112. The monoisotopic (exact) mass is 306 g/mol. The molecule has 120 valence electrons. The summed E-state index contributed by atoms with van der Waals surface area (Å²) in [6.07, 6.45) is 5.86. The Hall–Kier alpha value is -1.40. The molecule has 0 unspecified atom stereocenters. The van der Waals surface area contributed by atoms with E-state index in [1.165, 1.54) is 0 Å². The molecule has 1 aliphatic carbocycles. The predicted molar refractivity (Wildman–Crippen MR) is 77.6 cm³/mol. The molecule has 1 N–H and O–H groups in total. The van der Waals surface area contributed by atoms with Crippen molar-refractivity contribution < 1.29 is 19.2 Å². The molecule has 6 nitrogen and oxygen atoms in total. The van der Waals surface area contributed by atoms with E-state index in [4.69, 9.17) is 9.26 Å². The Labute approximate surface area is 129 Å². The van der Waals surface area contributed by atoms with Gasteiger partial charge in [-0.1, -0.05) is 5.16 Å². The highest BCUT2D eigenvalue weighted by molar-refractivity contribution is 5.94. The van der Waals surface area contributed by atoms with Crippen molar-refractivity contribution in [3.05, 3.63) is 17.0 Å². The summed E-state index contributed by atoms with van der Waals surface area (Å²) < 4.78 is 11.1. The molecule has 0 bridgehead atoms. The summed E-state index contributed by atoms with van der Waals surface area (Å²) in [5.74, 6) is 0.751. The van der Waals surface area contributed by atoms with Gasteiger partial charge in [-0.15, -0.1) is 0 Å². The number of aryl methyl sites for hydroxylation is 1. The third-order valence-corrected chi connectivity index (χ3v) is 5.38. The van der Waals surface area contributed by atoms with Gasteiger partial charge < -0.3 is 19.3 Å². The molecule has 2 fully saturated rings. The topological polar surface area (TPSA) is 75.8 Å². The van der Waals surface area contributed by atoms with Crippen molar-refractivity contribution in [1.82, 2.24) is 10.1 Å². The minimum Gasteiger partial charge on any atom is -0.388 e. The lowest BCUT2D eigenvalue weighted by molar-refractivity contribution is -0.123. The highest BCUT2D eigenvalue weighted by Gasteiger charge is 2.47. The first-order valence-corrected chi connectivity index (χ1v) is 8.28. The smallest absolute Gasteiger partial charge is 0.276 e. The second-order valence-corrected chi connectivity index (χ2v) is 6.67. The molecule has 3 aliphatic rings. The van der Waals surface area contributed by atoms with Crippen molar-refractivity contribution in [2.75, 3.05) is 19.7 Å². The SMILES string of the molecule is O=C(c1noc2c1CCCC2)N1CC[C@@]2(CCCO2)[C@@H](O)C1. The van der Waals surface area contributed by atoms with Crippen LogP contribution in [-0.4, -0.2) is 52.5 Å². The number of hydrogen-bond donors (Lipinski definition) is 1. The first kappa shape index (κ1) is 14.2. The summed E-state index contributed by atoms with van der Waals surface area (Å²) in [6, 6.07) is 0. The molecule has 0 radical (unpaired) electrons. The zero-order valence-corrected chi connectivity index (χ0v) is 12.7. The first-order valence-electron chi connectivity index (χ1n) is 8.28. The Balaban J connectivity index is 1.51. The fourth-order valence-corrected chi connectivity index (χ4v) is 4.02. The van der Waals surface area contributed by atoms with Gasteiger partial charge in [-0.05, 0) is 38.5 Å². The van der Waals surface area contributed by atoms with E-state index in [0.717, 1.165) is 49.8 Å². The number of fused-ring (bicyclic) bond motifs is 1. The summed E-state index contributed by atoms with van der Waals surface area (Å²) in [6.45, 7) is 1.64. The summed E-state index contributed by atoms with van der Waals surface area (Å²) in [7, 11) is 0. The summed E-state index contributed by atoms with van der Waals surface area (Å²) in [4.78, 5) is 14.4. The molecule has 2 aliphatic heterocycles. The van der Waals surface area contributed by atoms with Crippen LogP contribution in [0.1, 0.15) is 53.9 Å². The fourth-order valence-electron chi connectivity index (χ4n) is 4.02. The molecule has 22 heavy (non-hydrogen) atoms. The van der Waals surface area contributed by atoms with E-state index in [9.17, 15) is 9.90 Å². The van der Waals surface area contributed by atoms with Crippen LogP contribution in [-0.2, 0) is 17.6 Å². The number of aromatic nitrogens is 1. The average Bonchev–Trinajstić information content (AvgIpc) is 3.17. The second kappa shape index (κ2) is 5.35. The van der Waals surface area contributed by atoms with Crippen molar-refractivity contribution in [2.45, 2.75) is 56.7 Å². The van der Waals surface area contributed by atoms with Crippen molar-refractivity contribution in [3.8, 4) is 0 Å². The summed E-state index contributed by atoms with van der Waals surface area (Å²) in [5.41, 5.74) is 0.994. The molecular formula is C16H22N2O4. The molecule has 4 rings (SSSR count). The Morgan fingerprint density at radius 2 is 2.14 bits per heavy atom. The van der Waals surface area contributed by atoms with Crippen molar-refractivity contribution in [2.24, 2.45) is 0 Å². The summed E-state index contributed by atoms with van der Waals surface area (Å²) >= 11 is 0. The van der Waals surface area contributed by atoms with E-state index < -0.39 is 11.7 Å². The van der Waals surface area contributed by atoms with Crippen molar-refractivity contribution in [3.63, 3.8) is 0 Å². The number of aliphatic hydroxyl groups excluding tert-OH is 1. The van der Waals surface area contributed by atoms with Crippen LogP contribution < -0.4 is 0 Å². The molecule has 1 spiro atoms. The molecule has 1 amide bonds. The number of ether oxygens (including phenoxy) is 1. The van der Waals surface area contributed by atoms with Gasteiger partial charge in [0.25, 0.3) is 5.91 Å². The number of carbonyl (C=O) groups is 1. The molecule has 6 heteroatoms. The number of aliphatic hydroxyl groups is 1. The van der Waals surface area contributed by atoms with E-state index in [1.807, 2.05) is 0 Å². The number of piperidine rings is 1. The lowest BCUT2D eigenvalue weighted by Crippen LogP contribution is -2.56. The Morgan fingerprint density at radius 1 is 1.27 bits per heavy atom. The van der Waals surface area contributed by atoms with Crippen LogP contribution in [0.25, 0.3) is 0 Å². The molecule has 1 aromatic heterocycles. The summed E-state index contributed by atoms with van der Waals surface area (Å²) in [5, 5.41) is 14.5. The van der Waals surface area contributed by atoms with Gasteiger partial charge in [0, 0.05) is 31.7 Å². The van der Waals surface area contributed by atoms with Crippen LogP contribution in [0, 0.1) is 0 Å². The van der Waals surface area contributed by atoms with Gasteiger partial charge in [0.05, 0.1) is 5.60 Å². The maximum Gasteiger partial charge on any atom is 0.276 e. The van der Waals surface area contributed by atoms with E-state index in [2.05, 4.69) is 5.16 Å². The predicted octanol–water partition coefficient (Wildman–Crippen LogP) is 1.31. The maximum absolute atomic E-state index is 12.7. The van der Waals surface area contributed by atoms with Crippen LogP contribution in [0.2, 0.25) is 0 Å². The molecular weight excluding hydrogens is 284 g/mol. The fraction of sp³-hybridized carbons (Fsp3) is 0.750. The normalized spacial score (nSPS) is 31.5. The Bertz CT molecular complexity index is 577. The quantitative estimate of drug-likeness (QED) is 0.846. The van der Waals surface area contributed by atoms with Gasteiger partial charge in [0.2, 0.25) is 0 Å². The highest BCUT2D eigenvalue weighted by Crippen LogP contribution is 2.36. The Morgan fingerprint density at radius 3 is 2.91 bits per heavy atom. The highest BCUT2D eigenvalue weighted by atomic mass is 16.5. The van der Waals surface area contributed by atoms with Crippen molar-refractivity contribution >= 4 is 5.91 Å². The molecule has 0 saturated carbocycles. The maximum atomic E-state index is 12.7. The molecule has 2 atom stereocenters. The van der Waals surface area contributed by atoms with Gasteiger partial charge >= 0.3 is 0 Å². The lowest BCUT2D eigenvalue weighted by Gasteiger charge is -2.42. The van der Waals surface area contributed by atoms with Crippen molar-refractivity contribution in [1.29, 1.82) is 0 Å². The van der Waals surface area contributed by atoms with Gasteiger partial charge in [-0.2, -0.15) is 0 Å². The third kappa shape index (κ3) is 2.16. The number of rotatable bonds is 1. The van der Waals surface area contributed by atoms with E-state index in [0.29, 0.717) is 31.8 Å². The van der Waals surface area contributed by atoms with Crippen LogP contribution in [0.3, 0.4) is 0 Å². The van der Waals surface area contributed by atoms with Gasteiger partial charge in [-0.25, -0.2) is 0 Å². The average molecular weight is 306 g/mol. The number of likely N-dealkylation sites (tertiary alicyclic amines) is 1. The van der Waals surface area contributed by atoms with E-state index in [1.54, 1.807) is 4.90 Å². The third-order valence-electron chi connectivity index (χ3n) is 5.38. The second-order valence-electron chi connectivity index (χ2n) is 6.67. The van der Waals surface area contributed by atoms with E-state index >= 15 is 0 Å². The van der Waals surface area contributed by atoms with Crippen LogP contribution >= 0.6 is 0 Å². The Kier molecular flexibility index (Phi) is 3.46. The zero-order valence-electron chi connectivity index (χ0n) is 12.7. The van der Waals surface area contributed by atoms with Gasteiger partial charge in [-0.3, -0.25) is 4.79 Å². The number of carbonyl (C=O) groups excluding carboxylic acids is 1. The lowest BCUT2D eigenvalue weighted by atomic mass is 9.85. The zero-order chi connectivity index (χ0) is 15.2. The van der Waals surface area contributed by atoms with Crippen LogP contribution in [0.5, 0.6) is 0 Å². The standard InChI is InChI=1S/C16H22N2O4/c19-13-10-18(8-7-16(13)6-3-9-21-16)15(20)14-11-4-1-2-5-12(11)22-17-14/h13,19H,1-10H2/t13-,16-/m0/s1. The molecule has 3 heterocycles. The van der Waals surface area contributed by atoms with Crippen LogP contribution in [0.15, 0.2) is 4.52 Å². The van der Waals surface area contributed by atoms with Crippen LogP contribution in [0.4, 0.5) is 0 Å².